The SMILES string of the molecule is O=C(OCc1ccccc1)N1CCC2CCNCC2C1. The van der Waals surface area contributed by atoms with Crippen molar-refractivity contribution in [2.24, 2.45) is 11.8 Å². The summed E-state index contributed by atoms with van der Waals surface area (Å²) in [7, 11) is 0. The number of hydrogen-bond donors (Lipinski definition) is 1. The Labute approximate surface area is 120 Å². The molecule has 2 atom stereocenters. The van der Waals surface area contributed by atoms with Gasteiger partial charge in [0.2, 0.25) is 0 Å². The second-order valence-corrected chi connectivity index (χ2v) is 5.79. The molecule has 2 heterocycles. The van der Waals surface area contributed by atoms with E-state index >= 15 is 0 Å². The molecule has 1 aromatic carbocycles. The Balaban J connectivity index is 1.50. The van der Waals surface area contributed by atoms with Crippen molar-refractivity contribution >= 4 is 6.09 Å². The van der Waals surface area contributed by atoms with E-state index in [9.17, 15) is 4.79 Å². The maximum atomic E-state index is 12.1. The number of amides is 1. The highest BCUT2D eigenvalue weighted by Crippen LogP contribution is 2.28. The molecule has 0 aromatic heterocycles. The zero-order chi connectivity index (χ0) is 13.8. The van der Waals surface area contributed by atoms with Gasteiger partial charge in [-0.3, -0.25) is 0 Å². The van der Waals surface area contributed by atoms with Gasteiger partial charge in [0, 0.05) is 13.1 Å². The number of carbonyl (C=O) groups excluding carboxylic acids is 1. The van der Waals surface area contributed by atoms with E-state index in [0.29, 0.717) is 12.5 Å². The molecule has 2 saturated heterocycles. The van der Waals surface area contributed by atoms with E-state index in [1.807, 2.05) is 35.2 Å². The van der Waals surface area contributed by atoms with Crippen LogP contribution < -0.4 is 5.32 Å². The zero-order valence-corrected chi connectivity index (χ0v) is 11.8. The maximum absolute atomic E-state index is 12.1. The summed E-state index contributed by atoms with van der Waals surface area (Å²) < 4.78 is 5.41. The van der Waals surface area contributed by atoms with Crippen LogP contribution in [0.15, 0.2) is 30.3 Å². The molecule has 4 heteroatoms. The second kappa shape index (κ2) is 6.27. The molecule has 2 aliphatic heterocycles. The summed E-state index contributed by atoms with van der Waals surface area (Å²) in [6, 6.07) is 9.84. The van der Waals surface area contributed by atoms with E-state index in [2.05, 4.69) is 5.32 Å². The van der Waals surface area contributed by atoms with Gasteiger partial charge in [-0.1, -0.05) is 30.3 Å². The van der Waals surface area contributed by atoms with Crippen LogP contribution >= 0.6 is 0 Å². The summed E-state index contributed by atoms with van der Waals surface area (Å²) in [5.41, 5.74) is 1.04. The molecule has 1 N–H and O–H groups in total. The third-order valence-electron chi connectivity index (χ3n) is 4.45. The van der Waals surface area contributed by atoms with E-state index in [1.54, 1.807) is 0 Å². The number of nitrogens with zero attached hydrogens (tertiary/aromatic N) is 1. The molecule has 1 amide bonds. The van der Waals surface area contributed by atoms with E-state index in [0.717, 1.165) is 44.1 Å². The van der Waals surface area contributed by atoms with E-state index in [1.165, 1.54) is 6.42 Å². The van der Waals surface area contributed by atoms with E-state index < -0.39 is 0 Å². The minimum Gasteiger partial charge on any atom is -0.445 e. The van der Waals surface area contributed by atoms with Crippen LogP contribution in [0.5, 0.6) is 0 Å². The first kappa shape index (κ1) is 13.4. The molecule has 2 unspecified atom stereocenters. The quantitative estimate of drug-likeness (QED) is 0.899. The van der Waals surface area contributed by atoms with Crippen LogP contribution in [0.1, 0.15) is 18.4 Å². The van der Waals surface area contributed by atoms with Crippen LogP contribution in [0.25, 0.3) is 0 Å². The predicted octanol–water partition coefficient (Wildman–Crippen LogP) is 2.25. The van der Waals surface area contributed by atoms with Gasteiger partial charge in [-0.25, -0.2) is 4.79 Å². The summed E-state index contributed by atoms with van der Waals surface area (Å²) in [6.07, 6.45) is 2.20. The monoisotopic (exact) mass is 274 g/mol. The molecule has 0 bridgehead atoms. The summed E-state index contributed by atoms with van der Waals surface area (Å²) in [5, 5.41) is 3.42. The summed E-state index contributed by atoms with van der Waals surface area (Å²) in [4.78, 5) is 14.0. The number of fused-ring (bicyclic) bond motifs is 1. The van der Waals surface area contributed by atoms with Gasteiger partial charge in [-0.05, 0) is 43.3 Å². The minimum atomic E-state index is -0.169. The Morgan fingerprint density at radius 1 is 1.25 bits per heavy atom. The van der Waals surface area contributed by atoms with Gasteiger partial charge in [-0.15, -0.1) is 0 Å². The Morgan fingerprint density at radius 3 is 2.95 bits per heavy atom. The maximum Gasteiger partial charge on any atom is 0.410 e. The smallest absolute Gasteiger partial charge is 0.410 e. The van der Waals surface area contributed by atoms with Crippen molar-refractivity contribution in [2.75, 3.05) is 26.2 Å². The first-order valence-electron chi connectivity index (χ1n) is 7.49. The Bertz CT molecular complexity index is 449. The summed E-state index contributed by atoms with van der Waals surface area (Å²) in [6.45, 7) is 4.20. The van der Waals surface area contributed by atoms with Crippen molar-refractivity contribution < 1.29 is 9.53 Å². The van der Waals surface area contributed by atoms with E-state index in [4.69, 9.17) is 4.74 Å². The summed E-state index contributed by atoms with van der Waals surface area (Å²) >= 11 is 0. The number of benzene rings is 1. The van der Waals surface area contributed by atoms with Gasteiger partial charge in [-0.2, -0.15) is 0 Å². The van der Waals surface area contributed by atoms with Gasteiger partial charge in [0.05, 0.1) is 0 Å². The molecule has 0 spiro atoms. The molecule has 2 fully saturated rings. The van der Waals surface area contributed by atoms with Gasteiger partial charge >= 0.3 is 6.09 Å². The Morgan fingerprint density at radius 2 is 2.10 bits per heavy atom. The fourth-order valence-electron chi connectivity index (χ4n) is 3.24. The van der Waals surface area contributed by atoms with Crippen molar-refractivity contribution in [1.82, 2.24) is 10.2 Å². The molecule has 20 heavy (non-hydrogen) atoms. The van der Waals surface area contributed by atoms with Crippen LogP contribution in [0.4, 0.5) is 4.79 Å². The lowest BCUT2D eigenvalue weighted by atomic mass is 9.81. The molecule has 2 aliphatic rings. The van der Waals surface area contributed by atoms with Crippen molar-refractivity contribution in [3.05, 3.63) is 35.9 Å². The molecule has 1 aromatic rings. The van der Waals surface area contributed by atoms with Crippen molar-refractivity contribution in [3.8, 4) is 0 Å². The third kappa shape index (κ3) is 3.12. The third-order valence-corrected chi connectivity index (χ3v) is 4.45. The molecular weight excluding hydrogens is 252 g/mol. The van der Waals surface area contributed by atoms with Crippen LogP contribution in [-0.2, 0) is 11.3 Å². The summed E-state index contributed by atoms with van der Waals surface area (Å²) in [5.74, 6) is 1.39. The van der Waals surface area contributed by atoms with E-state index in [-0.39, 0.29) is 6.09 Å². The predicted molar refractivity (Wildman–Crippen MR) is 77.3 cm³/mol. The van der Waals surface area contributed by atoms with Crippen LogP contribution in [0.3, 0.4) is 0 Å². The van der Waals surface area contributed by atoms with Crippen molar-refractivity contribution in [2.45, 2.75) is 19.4 Å². The second-order valence-electron chi connectivity index (χ2n) is 5.79. The fraction of sp³-hybridized carbons (Fsp3) is 0.562. The molecular formula is C16H22N2O2. The van der Waals surface area contributed by atoms with Gasteiger partial charge < -0.3 is 15.0 Å². The normalized spacial score (nSPS) is 25.9. The average molecular weight is 274 g/mol. The van der Waals surface area contributed by atoms with Crippen LogP contribution in [0, 0.1) is 11.8 Å². The molecule has 108 valence electrons. The first-order chi connectivity index (χ1) is 9.83. The van der Waals surface area contributed by atoms with Crippen molar-refractivity contribution in [1.29, 1.82) is 0 Å². The lowest BCUT2D eigenvalue weighted by Crippen LogP contribution is -2.50. The van der Waals surface area contributed by atoms with Gasteiger partial charge in [0.1, 0.15) is 6.61 Å². The molecule has 0 aliphatic carbocycles. The number of hydrogen-bond acceptors (Lipinski definition) is 3. The largest absolute Gasteiger partial charge is 0.445 e. The lowest BCUT2D eigenvalue weighted by Gasteiger charge is -2.40. The molecule has 0 saturated carbocycles. The van der Waals surface area contributed by atoms with Crippen molar-refractivity contribution in [3.63, 3.8) is 0 Å². The Kier molecular flexibility index (Phi) is 4.21. The number of likely N-dealkylation sites (tertiary alicyclic amines) is 1. The Hall–Kier alpha value is -1.55. The highest BCUT2D eigenvalue weighted by molar-refractivity contribution is 5.67. The lowest BCUT2D eigenvalue weighted by molar-refractivity contribution is 0.0566. The molecule has 0 radical (unpaired) electrons. The molecule has 3 rings (SSSR count). The molecule has 4 nitrogen and oxygen atoms in total. The number of nitrogens with one attached hydrogen (secondary N) is 1. The average Bonchev–Trinajstić information content (AvgIpc) is 2.53. The van der Waals surface area contributed by atoms with Crippen LogP contribution in [0.2, 0.25) is 0 Å². The minimum absolute atomic E-state index is 0.169. The number of piperidine rings is 2. The fourth-order valence-corrected chi connectivity index (χ4v) is 3.24. The van der Waals surface area contributed by atoms with Gasteiger partial charge in [0.25, 0.3) is 0 Å². The zero-order valence-electron chi connectivity index (χ0n) is 11.8. The number of carbonyl (C=O) groups is 1. The standard InChI is InChI=1S/C16H22N2O2/c19-16(20-12-13-4-2-1-3-5-13)18-9-7-14-6-8-17-10-15(14)11-18/h1-5,14-15,17H,6-12H2. The highest BCUT2D eigenvalue weighted by atomic mass is 16.6. The van der Waals surface area contributed by atoms with Crippen LogP contribution in [-0.4, -0.2) is 37.2 Å². The highest BCUT2D eigenvalue weighted by Gasteiger charge is 2.33. The topological polar surface area (TPSA) is 41.6 Å². The first-order valence-corrected chi connectivity index (χ1v) is 7.49. The number of ether oxygens (including phenoxy) is 1. The number of rotatable bonds is 2. The van der Waals surface area contributed by atoms with Gasteiger partial charge in [0.15, 0.2) is 0 Å².